The summed E-state index contributed by atoms with van der Waals surface area (Å²) in [5.74, 6) is 1.40. The van der Waals surface area contributed by atoms with E-state index in [0.717, 1.165) is 15.8 Å². The van der Waals surface area contributed by atoms with Crippen molar-refractivity contribution in [3.8, 4) is 5.75 Å². The molecule has 0 bridgehead atoms. The monoisotopic (exact) mass is 447 g/mol. The van der Waals surface area contributed by atoms with Crippen LogP contribution in [-0.4, -0.2) is 32.1 Å². The molecule has 0 aromatic heterocycles. The number of ether oxygens (including phenoxy) is 1. The summed E-state index contributed by atoms with van der Waals surface area (Å²) in [6, 6.07) is 11.9. The molecule has 0 radical (unpaired) electrons. The number of halogens is 2. The third-order valence-corrected chi connectivity index (χ3v) is 7.73. The molecule has 1 aliphatic rings. The zero-order valence-electron chi connectivity index (χ0n) is 12.8. The van der Waals surface area contributed by atoms with E-state index in [4.69, 9.17) is 16.3 Å². The second kappa shape index (κ2) is 7.25. The van der Waals surface area contributed by atoms with Gasteiger partial charge in [0.1, 0.15) is 5.75 Å². The van der Waals surface area contributed by atoms with Crippen molar-refractivity contribution >= 4 is 49.3 Å². The summed E-state index contributed by atoms with van der Waals surface area (Å²) < 4.78 is 33.9. The van der Waals surface area contributed by atoms with Gasteiger partial charge in [-0.15, -0.1) is 11.8 Å². The van der Waals surface area contributed by atoms with Crippen molar-refractivity contribution in [1.29, 1.82) is 0 Å². The van der Waals surface area contributed by atoms with Crippen LogP contribution in [-0.2, 0) is 10.0 Å². The number of sulfonamides is 1. The predicted molar refractivity (Wildman–Crippen MR) is 101 cm³/mol. The highest BCUT2D eigenvalue weighted by atomic mass is 79.9. The van der Waals surface area contributed by atoms with Gasteiger partial charge in [0.25, 0.3) is 0 Å². The van der Waals surface area contributed by atoms with E-state index < -0.39 is 10.0 Å². The van der Waals surface area contributed by atoms with Crippen molar-refractivity contribution in [2.24, 2.45) is 0 Å². The molecule has 1 fully saturated rings. The zero-order chi connectivity index (χ0) is 17.3. The largest absolute Gasteiger partial charge is 0.496 e. The molecule has 1 aliphatic heterocycles. The average molecular weight is 449 g/mol. The number of benzene rings is 2. The second-order valence-corrected chi connectivity index (χ2v) is 9.61. The molecule has 0 N–H and O–H groups in total. The SMILES string of the molecule is COc1ccc(Br)cc1[C@H]1SCCN1S(=O)(=O)c1ccc(Cl)cc1. The van der Waals surface area contributed by atoms with Gasteiger partial charge < -0.3 is 4.74 Å². The van der Waals surface area contributed by atoms with Crippen LogP contribution in [0.4, 0.5) is 0 Å². The van der Waals surface area contributed by atoms with Crippen molar-refractivity contribution in [3.63, 3.8) is 0 Å². The van der Waals surface area contributed by atoms with Gasteiger partial charge in [0.2, 0.25) is 10.0 Å². The lowest BCUT2D eigenvalue weighted by atomic mass is 10.2. The van der Waals surface area contributed by atoms with Gasteiger partial charge in [-0.1, -0.05) is 27.5 Å². The number of methoxy groups -OCH3 is 1. The first-order valence-electron chi connectivity index (χ1n) is 7.16. The van der Waals surface area contributed by atoms with Crippen LogP contribution in [0.25, 0.3) is 0 Å². The van der Waals surface area contributed by atoms with E-state index in [1.807, 2.05) is 18.2 Å². The van der Waals surface area contributed by atoms with Gasteiger partial charge in [0.15, 0.2) is 0 Å². The van der Waals surface area contributed by atoms with Crippen LogP contribution in [0.15, 0.2) is 51.8 Å². The van der Waals surface area contributed by atoms with Crippen molar-refractivity contribution in [3.05, 3.63) is 57.5 Å². The molecule has 8 heteroatoms. The Labute approximate surface area is 159 Å². The molecule has 3 rings (SSSR count). The van der Waals surface area contributed by atoms with Gasteiger partial charge in [-0.25, -0.2) is 8.42 Å². The summed E-state index contributed by atoms with van der Waals surface area (Å²) in [7, 11) is -2.02. The molecule has 0 amide bonds. The van der Waals surface area contributed by atoms with E-state index in [-0.39, 0.29) is 10.3 Å². The maximum atomic E-state index is 13.0. The lowest BCUT2D eigenvalue weighted by Crippen LogP contribution is -2.30. The van der Waals surface area contributed by atoms with Gasteiger partial charge in [0, 0.05) is 27.4 Å². The summed E-state index contributed by atoms with van der Waals surface area (Å²) in [4.78, 5) is 0.244. The minimum atomic E-state index is -3.61. The van der Waals surface area contributed by atoms with Crippen LogP contribution < -0.4 is 4.74 Å². The van der Waals surface area contributed by atoms with Crippen LogP contribution in [0, 0.1) is 0 Å². The highest BCUT2D eigenvalue weighted by Crippen LogP contribution is 2.45. The minimum absolute atomic E-state index is 0.244. The smallest absolute Gasteiger partial charge is 0.244 e. The molecule has 4 nitrogen and oxygen atoms in total. The summed E-state index contributed by atoms with van der Waals surface area (Å²) in [5, 5.41) is 0.188. The number of hydrogen-bond donors (Lipinski definition) is 0. The normalized spacial score (nSPS) is 18.7. The Morgan fingerprint density at radius 1 is 1.25 bits per heavy atom. The van der Waals surface area contributed by atoms with Crippen LogP contribution in [0.1, 0.15) is 10.9 Å². The fourth-order valence-electron chi connectivity index (χ4n) is 2.59. The van der Waals surface area contributed by atoms with Gasteiger partial charge in [-0.05, 0) is 42.5 Å². The van der Waals surface area contributed by atoms with Crippen molar-refractivity contribution in [2.45, 2.75) is 10.3 Å². The average Bonchev–Trinajstić information content (AvgIpc) is 3.05. The minimum Gasteiger partial charge on any atom is -0.496 e. The van der Waals surface area contributed by atoms with Gasteiger partial charge in [-0.3, -0.25) is 0 Å². The summed E-state index contributed by atoms with van der Waals surface area (Å²) >= 11 is 10.9. The molecule has 0 unspecified atom stereocenters. The summed E-state index contributed by atoms with van der Waals surface area (Å²) in [6.45, 7) is 0.454. The topological polar surface area (TPSA) is 46.6 Å². The molecule has 1 saturated heterocycles. The first-order valence-corrected chi connectivity index (χ1v) is 10.8. The Morgan fingerprint density at radius 2 is 1.96 bits per heavy atom. The Hall–Kier alpha value is -0.730. The van der Waals surface area contributed by atoms with Gasteiger partial charge >= 0.3 is 0 Å². The highest BCUT2D eigenvalue weighted by Gasteiger charge is 2.38. The zero-order valence-corrected chi connectivity index (χ0v) is 16.8. The Balaban J connectivity index is 2.02. The number of nitrogens with zero attached hydrogens (tertiary/aromatic N) is 1. The summed E-state index contributed by atoms with van der Waals surface area (Å²) in [5.41, 5.74) is 0.840. The molecule has 0 saturated carbocycles. The van der Waals surface area contributed by atoms with E-state index in [9.17, 15) is 8.42 Å². The molecule has 2 aromatic rings. The van der Waals surface area contributed by atoms with E-state index in [0.29, 0.717) is 17.3 Å². The van der Waals surface area contributed by atoms with Crippen molar-refractivity contribution in [2.75, 3.05) is 19.4 Å². The van der Waals surface area contributed by atoms with Crippen LogP contribution in [0.2, 0.25) is 5.02 Å². The van der Waals surface area contributed by atoms with Gasteiger partial charge in [-0.2, -0.15) is 4.31 Å². The first kappa shape index (κ1) is 18.1. The molecule has 24 heavy (non-hydrogen) atoms. The van der Waals surface area contributed by atoms with Crippen molar-refractivity contribution in [1.82, 2.24) is 4.31 Å². The molecule has 1 atom stereocenters. The highest BCUT2D eigenvalue weighted by molar-refractivity contribution is 9.10. The maximum Gasteiger partial charge on any atom is 0.244 e. The van der Waals surface area contributed by atoms with Crippen LogP contribution in [0.5, 0.6) is 5.75 Å². The van der Waals surface area contributed by atoms with Gasteiger partial charge in [0.05, 0.1) is 17.4 Å². The third-order valence-electron chi connectivity index (χ3n) is 3.73. The standard InChI is InChI=1S/C16H15BrClNO3S2/c1-22-15-7-2-11(17)10-14(15)16-19(8-9-23-16)24(20,21)13-5-3-12(18)4-6-13/h2-7,10,16H,8-9H2,1H3/t16-/m1/s1. The lowest BCUT2D eigenvalue weighted by molar-refractivity contribution is 0.390. The Kier molecular flexibility index (Phi) is 5.46. The van der Waals surface area contributed by atoms with E-state index in [1.54, 1.807) is 31.0 Å². The van der Waals surface area contributed by atoms with Crippen LogP contribution >= 0.6 is 39.3 Å². The first-order chi connectivity index (χ1) is 11.4. The van der Waals surface area contributed by atoms with Crippen LogP contribution in [0.3, 0.4) is 0 Å². The fraction of sp³-hybridized carbons (Fsp3) is 0.250. The number of thioether (sulfide) groups is 1. The Bertz CT molecular complexity index is 843. The molecular formula is C16H15BrClNO3S2. The Morgan fingerprint density at radius 3 is 2.62 bits per heavy atom. The van der Waals surface area contributed by atoms with E-state index in [2.05, 4.69) is 15.9 Å². The number of hydrogen-bond acceptors (Lipinski definition) is 4. The predicted octanol–water partition coefficient (Wildman–Crippen LogP) is 4.55. The molecule has 128 valence electrons. The molecule has 0 spiro atoms. The molecule has 2 aromatic carbocycles. The van der Waals surface area contributed by atoms with Crippen molar-refractivity contribution < 1.29 is 13.2 Å². The molecule has 0 aliphatic carbocycles. The second-order valence-electron chi connectivity index (χ2n) is 5.18. The summed E-state index contributed by atoms with van der Waals surface area (Å²) in [6.07, 6.45) is 0. The fourth-order valence-corrected chi connectivity index (χ4v) is 6.34. The van der Waals surface area contributed by atoms with E-state index >= 15 is 0 Å². The molecule has 1 heterocycles. The third kappa shape index (κ3) is 3.46. The maximum absolute atomic E-state index is 13.0. The lowest BCUT2D eigenvalue weighted by Gasteiger charge is -2.25. The molecular weight excluding hydrogens is 434 g/mol. The quantitative estimate of drug-likeness (QED) is 0.688. The number of rotatable bonds is 4. The van der Waals surface area contributed by atoms with E-state index in [1.165, 1.54) is 16.4 Å².